The molecule has 2 saturated carbocycles. The molecule has 3 fully saturated rings. The van der Waals surface area contributed by atoms with Gasteiger partial charge in [-0.05, 0) is 42.9 Å². The van der Waals surface area contributed by atoms with Gasteiger partial charge in [-0.25, -0.2) is 14.8 Å². The molecule has 11 heteroatoms. The monoisotopic (exact) mass is 524 g/mol. The minimum atomic E-state index is -0.988. The summed E-state index contributed by atoms with van der Waals surface area (Å²) in [5, 5.41) is 13.2. The molecule has 3 heterocycles. The van der Waals surface area contributed by atoms with E-state index in [1.54, 1.807) is 12.1 Å². The molecular formula is C26H29ClN6O4. The van der Waals surface area contributed by atoms with Gasteiger partial charge in [-0.2, -0.15) is 0 Å². The minimum Gasteiger partial charge on any atom is -0.465 e. The standard InChI is InChI=1S/C26H29ClN6O4/c1-14-10-21(34)30-23-22(14)24(29-13-28-23)31-8-9-32(20-11-19(20)31)25(35)18(15-2-4-16(27)5-3-15)12-33(26(36)37)17-6-7-17/h2-5,13-14,17-20H,6-12H2,1H3,(H,36,37)(H,28,29,30,34)/t14-,18?,19+,20-/m1/s1. The van der Waals surface area contributed by atoms with Crippen molar-refractivity contribution in [3.8, 4) is 0 Å². The number of aromatic nitrogens is 2. The third-order valence-corrected chi connectivity index (χ3v) is 8.20. The van der Waals surface area contributed by atoms with Crippen molar-refractivity contribution in [2.45, 2.75) is 62.6 Å². The van der Waals surface area contributed by atoms with Crippen LogP contribution in [0.2, 0.25) is 5.02 Å². The number of hydrogen-bond acceptors (Lipinski definition) is 6. The first kappa shape index (κ1) is 24.0. The summed E-state index contributed by atoms with van der Waals surface area (Å²) in [6, 6.07) is 7.28. The molecule has 0 bridgehead atoms. The van der Waals surface area contributed by atoms with Crippen LogP contribution in [0.3, 0.4) is 0 Å². The van der Waals surface area contributed by atoms with Crippen molar-refractivity contribution < 1.29 is 19.5 Å². The molecule has 0 radical (unpaired) electrons. The van der Waals surface area contributed by atoms with E-state index in [0.29, 0.717) is 30.4 Å². The number of hydrogen-bond donors (Lipinski definition) is 2. The molecule has 2 N–H and O–H groups in total. The first-order valence-electron chi connectivity index (χ1n) is 12.8. The Balaban J connectivity index is 1.24. The minimum absolute atomic E-state index is 0.00974. The molecule has 4 aliphatic rings. The zero-order chi connectivity index (χ0) is 25.8. The Morgan fingerprint density at radius 1 is 1.19 bits per heavy atom. The lowest BCUT2D eigenvalue weighted by Crippen LogP contribution is -2.52. The maximum atomic E-state index is 14.0. The Kier molecular flexibility index (Phi) is 5.94. The van der Waals surface area contributed by atoms with E-state index in [2.05, 4.69) is 20.2 Å². The number of nitrogens with zero attached hydrogens (tertiary/aromatic N) is 5. The van der Waals surface area contributed by atoms with Gasteiger partial charge in [0.05, 0.1) is 18.0 Å². The topological polar surface area (TPSA) is 119 Å². The number of fused-ring (bicyclic) bond motifs is 2. The second-order valence-corrected chi connectivity index (χ2v) is 10.9. The lowest BCUT2D eigenvalue weighted by atomic mass is 9.94. The van der Waals surface area contributed by atoms with E-state index >= 15 is 0 Å². The lowest BCUT2D eigenvalue weighted by Gasteiger charge is -2.38. The van der Waals surface area contributed by atoms with Crippen LogP contribution in [-0.2, 0) is 9.59 Å². The highest BCUT2D eigenvalue weighted by molar-refractivity contribution is 6.30. The lowest BCUT2D eigenvalue weighted by molar-refractivity contribution is -0.134. The molecule has 2 aliphatic heterocycles. The second kappa shape index (κ2) is 9.16. The van der Waals surface area contributed by atoms with Crippen LogP contribution in [0.15, 0.2) is 30.6 Å². The SMILES string of the molecule is C[C@@H]1CC(=O)Nc2ncnc(N3CCN(C(=O)C(CN(C(=O)O)C4CC4)c4ccc(Cl)cc4)[C@@H]4C[C@@H]43)c21. The number of carboxylic acid groups (broad SMARTS) is 1. The molecule has 1 aromatic heterocycles. The Morgan fingerprint density at radius 2 is 1.95 bits per heavy atom. The predicted octanol–water partition coefficient (Wildman–Crippen LogP) is 3.29. The summed E-state index contributed by atoms with van der Waals surface area (Å²) in [5.41, 5.74) is 1.73. The molecule has 1 aromatic carbocycles. The molecule has 4 atom stereocenters. The third kappa shape index (κ3) is 4.47. The Labute approximate surface area is 219 Å². The fourth-order valence-electron chi connectivity index (χ4n) is 5.84. The predicted molar refractivity (Wildman–Crippen MR) is 137 cm³/mol. The van der Waals surface area contributed by atoms with Crippen molar-refractivity contribution in [3.63, 3.8) is 0 Å². The van der Waals surface area contributed by atoms with Crippen LogP contribution < -0.4 is 10.2 Å². The summed E-state index contributed by atoms with van der Waals surface area (Å²) < 4.78 is 0. The largest absolute Gasteiger partial charge is 0.465 e. The molecule has 2 aliphatic carbocycles. The summed E-state index contributed by atoms with van der Waals surface area (Å²) in [5.74, 6) is 0.725. The molecule has 37 heavy (non-hydrogen) atoms. The molecule has 10 nitrogen and oxygen atoms in total. The molecule has 0 spiro atoms. The van der Waals surface area contributed by atoms with Gasteiger partial charge >= 0.3 is 6.09 Å². The molecular weight excluding hydrogens is 496 g/mol. The van der Waals surface area contributed by atoms with Crippen LogP contribution in [0.25, 0.3) is 0 Å². The molecule has 194 valence electrons. The summed E-state index contributed by atoms with van der Waals surface area (Å²) in [7, 11) is 0. The Morgan fingerprint density at radius 3 is 2.65 bits per heavy atom. The highest BCUT2D eigenvalue weighted by atomic mass is 35.5. The average Bonchev–Trinajstić information content (AvgIpc) is 3.78. The fourth-order valence-corrected chi connectivity index (χ4v) is 5.97. The number of carbonyl (C=O) groups excluding carboxylic acids is 2. The smallest absolute Gasteiger partial charge is 0.407 e. The van der Waals surface area contributed by atoms with Crippen molar-refractivity contribution in [2.24, 2.45) is 0 Å². The Bertz CT molecular complexity index is 1250. The van der Waals surface area contributed by atoms with Gasteiger partial charge in [0, 0.05) is 42.7 Å². The van der Waals surface area contributed by atoms with Gasteiger partial charge in [0.25, 0.3) is 0 Å². The number of amides is 3. The van der Waals surface area contributed by atoms with E-state index in [-0.39, 0.29) is 42.4 Å². The van der Waals surface area contributed by atoms with Crippen molar-refractivity contribution >= 4 is 41.1 Å². The van der Waals surface area contributed by atoms with Gasteiger partial charge in [-0.1, -0.05) is 30.7 Å². The quantitative estimate of drug-likeness (QED) is 0.595. The number of nitrogens with one attached hydrogen (secondary N) is 1. The van der Waals surface area contributed by atoms with Crippen LogP contribution >= 0.6 is 11.6 Å². The first-order chi connectivity index (χ1) is 17.8. The van der Waals surface area contributed by atoms with E-state index in [1.165, 1.54) is 11.2 Å². The van der Waals surface area contributed by atoms with E-state index in [4.69, 9.17) is 11.6 Å². The summed E-state index contributed by atoms with van der Waals surface area (Å²) in [4.78, 5) is 52.4. The van der Waals surface area contributed by atoms with Gasteiger partial charge in [-0.3, -0.25) is 9.59 Å². The number of benzene rings is 1. The van der Waals surface area contributed by atoms with Crippen LogP contribution in [0.1, 0.15) is 55.6 Å². The van der Waals surface area contributed by atoms with Gasteiger partial charge in [0.1, 0.15) is 18.0 Å². The zero-order valence-electron chi connectivity index (χ0n) is 20.5. The van der Waals surface area contributed by atoms with E-state index in [1.807, 2.05) is 24.0 Å². The van der Waals surface area contributed by atoms with Crippen LogP contribution in [0, 0.1) is 0 Å². The zero-order valence-corrected chi connectivity index (χ0v) is 21.3. The molecule has 6 rings (SSSR count). The normalized spacial score (nSPS) is 25.0. The van der Waals surface area contributed by atoms with Gasteiger partial charge in [0.15, 0.2) is 0 Å². The third-order valence-electron chi connectivity index (χ3n) is 7.95. The van der Waals surface area contributed by atoms with Crippen LogP contribution in [-0.4, -0.2) is 80.5 Å². The number of carbonyl (C=O) groups is 3. The molecule has 1 unspecified atom stereocenters. The van der Waals surface area contributed by atoms with Gasteiger partial charge < -0.3 is 25.1 Å². The number of rotatable bonds is 6. The van der Waals surface area contributed by atoms with Crippen molar-refractivity contribution in [1.82, 2.24) is 19.8 Å². The second-order valence-electron chi connectivity index (χ2n) is 10.5. The highest BCUT2D eigenvalue weighted by Crippen LogP contribution is 2.44. The molecule has 1 saturated heterocycles. The average molecular weight is 525 g/mol. The summed E-state index contributed by atoms with van der Waals surface area (Å²) in [6.07, 6.45) is 3.38. The van der Waals surface area contributed by atoms with E-state index in [0.717, 1.165) is 36.2 Å². The fraction of sp³-hybridized carbons (Fsp3) is 0.500. The maximum absolute atomic E-state index is 14.0. The van der Waals surface area contributed by atoms with Gasteiger partial charge in [-0.15, -0.1) is 0 Å². The van der Waals surface area contributed by atoms with Crippen molar-refractivity contribution in [1.29, 1.82) is 0 Å². The van der Waals surface area contributed by atoms with Crippen LogP contribution in [0.5, 0.6) is 0 Å². The number of anilines is 2. The molecule has 3 amide bonds. The van der Waals surface area contributed by atoms with Crippen molar-refractivity contribution in [3.05, 3.63) is 46.7 Å². The van der Waals surface area contributed by atoms with E-state index < -0.39 is 12.0 Å². The summed E-state index contributed by atoms with van der Waals surface area (Å²) >= 11 is 6.10. The van der Waals surface area contributed by atoms with Crippen molar-refractivity contribution in [2.75, 3.05) is 29.9 Å². The summed E-state index contributed by atoms with van der Waals surface area (Å²) in [6.45, 7) is 3.27. The maximum Gasteiger partial charge on any atom is 0.407 e. The van der Waals surface area contributed by atoms with Gasteiger partial charge in [0.2, 0.25) is 11.8 Å². The van der Waals surface area contributed by atoms with E-state index in [9.17, 15) is 19.5 Å². The van der Waals surface area contributed by atoms with Crippen LogP contribution in [0.4, 0.5) is 16.4 Å². The number of piperazine rings is 1. The first-order valence-corrected chi connectivity index (χ1v) is 13.2. The molecule has 2 aromatic rings. The highest BCUT2D eigenvalue weighted by Gasteiger charge is 2.53. The number of halogens is 1. The Hall–Kier alpha value is -3.40.